The Hall–Kier alpha value is -3.03. The summed E-state index contributed by atoms with van der Waals surface area (Å²) >= 11 is 0. The molecular formula is C13H9FN6O. The number of hydrogen-bond acceptors (Lipinski definition) is 4. The lowest BCUT2D eigenvalue weighted by atomic mass is 10.3. The summed E-state index contributed by atoms with van der Waals surface area (Å²) in [4.78, 5) is 26.9. The van der Waals surface area contributed by atoms with Crippen LogP contribution in [0.5, 0.6) is 0 Å². The van der Waals surface area contributed by atoms with E-state index in [0.717, 1.165) is 0 Å². The number of rotatable bonds is 1. The molecule has 8 heteroatoms. The number of fused-ring (bicyclic) bond motifs is 2. The van der Waals surface area contributed by atoms with Gasteiger partial charge in [0.25, 0.3) is 0 Å². The monoisotopic (exact) mass is 284 g/mol. The predicted molar refractivity (Wildman–Crippen MR) is 73.7 cm³/mol. The highest BCUT2D eigenvalue weighted by Crippen LogP contribution is 2.17. The van der Waals surface area contributed by atoms with Crippen LogP contribution in [0.1, 0.15) is 0 Å². The summed E-state index contributed by atoms with van der Waals surface area (Å²) in [7, 11) is 1.63. The van der Waals surface area contributed by atoms with Crippen molar-refractivity contribution in [3.8, 4) is 5.95 Å². The number of halogens is 1. The lowest BCUT2D eigenvalue weighted by molar-refractivity contribution is 0.629. The van der Waals surface area contributed by atoms with E-state index in [1.54, 1.807) is 23.9 Å². The van der Waals surface area contributed by atoms with Crippen LogP contribution in [0.3, 0.4) is 0 Å². The van der Waals surface area contributed by atoms with Gasteiger partial charge in [0.2, 0.25) is 5.95 Å². The molecule has 0 radical (unpaired) electrons. The van der Waals surface area contributed by atoms with Gasteiger partial charge in [0, 0.05) is 13.1 Å². The summed E-state index contributed by atoms with van der Waals surface area (Å²) in [5.74, 6) is -0.0455. The minimum absolute atomic E-state index is 0.266. The van der Waals surface area contributed by atoms with Crippen molar-refractivity contribution >= 4 is 22.2 Å². The number of benzene rings is 1. The van der Waals surface area contributed by atoms with E-state index in [0.29, 0.717) is 28.1 Å². The van der Waals surface area contributed by atoms with Crippen LogP contribution in [-0.2, 0) is 7.05 Å². The number of aromatic amines is 1. The van der Waals surface area contributed by atoms with Gasteiger partial charge in [-0.15, -0.1) is 0 Å². The third kappa shape index (κ3) is 1.65. The predicted octanol–water partition coefficient (Wildman–Crippen LogP) is 1.13. The Morgan fingerprint density at radius 1 is 1.24 bits per heavy atom. The van der Waals surface area contributed by atoms with Gasteiger partial charge >= 0.3 is 5.69 Å². The van der Waals surface area contributed by atoms with Crippen LogP contribution in [-0.4, -0.2) is 29.1 Å². The highest BCUT2D eigenvalue weighted by Gasteiger charge is 2.11. The van der Waals surface area contributed by atoms with Gasteiger partial charge in [-0.25, -0.2) is 19.2 Å². The van der Waals surface area contributed by atoms with Crippen LogP contribution in [0.25, 0.3) is 28.1 Å². The SMILES string of the molecule is Cn1c(=O)[nH]c2nc(-n3cnc4ccc(F)cc43)ncc21. The van der Waals surface area contributed by atoms with Crippen LogP contribution in [0.4, 0.5) is 4.39 Å². The molecule has 4 rings (SSSR count). The summed E-state index contributed by atoms with van der Waals surface area (Å²) in [6.07, 6.45) is 3.06. The van der Waals surface area contributed by atoms with Crippen LogP contribution in [0.2, 0.25) is 0 Å². The second-order valence-corrected chi connectivity index (χ2v) is 4.64. The number of aromatic nitrogens is 6. The Balaban J connectivity index is 1.99. The second kappa shape index (κ2) is 3.98. The van der Waals surface area contributed by atoms with Crippen molar-refractivity contribution in [2.75, 3.05) is 0 Å². The maximum atomic E-state index is 13.4. The van der Waals surface area contributed by atoms with Crippen molar-refractivity contribution in [3.63, 3.8) is 0 Å². The number of nitrogens with one attached hydrogen (secondary N) is 1. The van der Waals surface area contributed by atoms with Crippen molar-refractivity contribution < 1.29 is 4.39 Å². The summed E-state index contributed by atoms with van der Waals surface area (Å²) in [6, 6.07) is 4.30. The Kier molecular flexibility index (Phi) is 2.23. The first-order chi connectivity index (χ1) is 10.1. The Morgan fingerprint density at radius 3 is 2.95 bits per heavy atom. The average Bonchev–Trinajstić information content (AvgIpc) is 3.00. The molecule has 7 nitrogen and oxygen atoms in total. The van der Waals surface area contributed by atoms with E-state index in [2.05, 4.69) is 19.9 Å². The van der Waals surface area contributed by atoms with Crippen molar-refractivity contribution in [2.45, 2.75) is 0 Å². The average molecular weight is 284 g/mol. The van der Waals surface area contributed by atoms with E-state index < -0.39 is 0 Å². The topological polar surface area (TPSA) is 81.4 Å². The van der Waals surface area contributed by atoms with Crippen LogP contribution in [0.15, 0.2) is 35.5 Å². The smallest absolute Gasteiger partial charge is 0.292 e. The largest absolute Gasteiger partial charge is 0.327 e. The molecule has 1 aromatic carbocycles. The molecule has 104 valence electrons. The molecule has 1 N–H and O–H groups in total. The first kappa shape index (κ1) is 11.8. The van der Waals surface area contributed by atoms with Gasteiger partial charge in [-0.3, -0.25) is 14.1 Å². The second-order valence-electron chi connectivity index (χ2n) is 4.64. The third-order valence-electron chi connectivity index (χ3n) is 3.37. The molecular weight excluding hydrogens is 275 g/mol. The molecule has 0 atom stereocenters. The molecule has 21 heavy (non-hydrogen) atoms. The molecule has 0 unspecified atom stereocenters. The number of imidazole rings is 2. The molecule has 0 saturated carbocycles. The van der Waals surface area contributed by atoms with Gasteiger partial charge in [-0.2, -0.15) is 4.98 Å². The summed E-state index contributed by atoms with van der Waals surface area (Å²) in [5, 5.41) is 0. The zero-order valence-electron chi connectivity index (χ0n) is 10.9. The van der Waals surface area contributed by atoms with Crippen molar-refractivity contribution in [2.24, 2.45) is 7.05 Å². The normalized spacial score (nSPS) is 11.5. The van der Waals surface area contributed by atoms with E-state index in [-0.39, 0.29) is 11.5 Å². The zero-order chi connectivity index (χ0) is 14.6. The fourth-order valence-electron chi connectivity index (χ4n) is 2.25. The quantitative estimate of drug-likeness (QED) is 0.568. The van der Waals surface area contributed by atoms with E-state index in [1.807, 2.05) is 0 Å². The molecule has 3 heterocycles. The lowest BCUT2D eigenvalue weighted by Crippen LogP contribution is -2.11. The van der Waals surface area contributed by atoms with Gasteiger partial charge in [0.1, 0.15) is 17.7 Å². The Morgan fingerprint density at radius 2 is 2.10 bits per heavy atom. The highest BCUT2D eigenvalue weighted by atomic mass is 19.1. The maximum Gasteiger partial charge on any atom is 0.327 e. The van der Waals surface area contributed by atoms with Crippen molar-refractivity contribution in [1.82, 2.24) is 29.1 Å². The lowest BCUT2D eigenvalue weighted by Gasteiger charge is -2.02. The van der Waals surface area contributed by atoms with E-state index in [4.69, 9.17) is 0 Å². The maximum absolute atomic E-state index is 13.4. The molecule has 0 saturated heterocycles. The molecule has 0 aliphatic carbocycles. The van der Waals surface area contributed by atoms with E-state index in [1.165, 1.54) is 23.0 Å². The fraction of sp³-hybridized carbons (Fsp3) is 0.0769. The van der Waals surface area contributed by atoms with Gasteiger partial charge in [-0.1, -0.05) is 0 Å². The first-order valence-electron chi connectivity index (χ1n) is 6.18. The molecule has 0 amide bonds. The molecule has 0 bridgehead atoms. The number of aryl methyl sites for hydroxylation is 1. The van der Waals surface area contributed by atoms with Gasteiger partial charge < -0.3 is 0 Å². The molecule has 0 aliphatic rings. The van der Waals surface area contributed by atoms with Gasteiger partial charge in [0.15, 0.2) is 5.65 Å². The summed E-state index contributed by atoms with van der Waals surface area (Å²) in [6.45, 7) is 0. The molecule has 0 aliphatic heterocycles. The summed E-state index contributed by atoms with van der Waals surface area (Å²) in [5.41, 5.74) is 1.96. The minimum atomic E-state index is -0.363. The van der Waals surface area contributed by atoms with E-state index >= 15 is 0 Å². The highest BCUT2D eigenvalue weighted by molar-refractivity contribution is 5.77. The Bertz CT molecular complexity index is 1040. The molecule has 4 aromatic rings. The van der Waals surface area contributed by atoms with Crippen LogP contribution < -0.4 is 5.69 Å². The summed E-state index contributed by atoms with van der Waals surface area (Å²) < 4.78 is 16.4. The molecule has 0 fully saturated rings. The van der Waals surface area contributed by atoms with E-state index in [9.17, 15) is 9.18 Å². The van der Waals surface area contributed by atoms with Gasteiger partial charge in [0.05, 0.1) is 17.2 Å². The number of nitrogens with zero attached hydrogens (tertiary/aromatic N) is 5. The van der Waals surface area contributed by atoms with Crippen molar-refractivity contribution in [3.05, 3.63) is 47.0 Å². The zero-order valence-corrected chi connectivity index (χ0v) is 10.9. The van der Waals surface area contributed by atoms with Crippen molar-refractivity contribution in [1.29, 1.82) is 0 Å². The minimum Gasteiger partial charge on any atom is -0.292 e. The van der Waals surface area contributed by atoms with Crippen LogP contribution >= 0.6 is 0 Å². The standard InChI is InChI=1S/C13H9FN6O/c1-19-10-5-15-12(17-11(10)18-13(19)21)20-6-16-8-3-2-7(14)4-9(8)20/h2-6H,1H3,(H,15,17,18,21). The Labute approximate surface area is 116 Å². The molecule has 3 aromatic heterocycles. The first-order valence-corrected chi connectivity index (χ1v) is 6.18. The van der Waals surface area contributed by atoms with Gasteiger partial charge in [-0.05, 0) is 12.1 Å². The number of H-pyrrole nitrogens is 1. The number of hydrogen-bond donors (Lipinski definition) is 1. The third-order valence-corrected chi connectivity index (χ3v) is 3.37. The van der Waals surface area contributed by atoms with Crippen LogP contribution in [0, 0.1) is 5.82 Å². The fourth-order valence-corrected chi connectivity index (χ4v) is 2.25. The molecule has 0 spiro atoms.